The highest BCUT2D eigenvalue weighted by molar-refractivity contribution is 5.95. The topological polar surface area (TPSA) is 82.0 Å². The van der Waals surface area contributed by atoms with Gasteiger partial charge >= 0.3 is 0 Å². The lowest BCUT2D eigenvalue weighted by Gasteiger charge is -2.24. The second kappa shape index (κ2) is 6.51. The van der Waals surface area contributed by atoms with Crippen molar-refractivity contribution in [3.05, 3.63) is 35.9 Å². The minimum Gasteiger partial charge on any atom is -0.344 e. The summed E-state index contributed by atoms with van der Waals surface area (Å²) in [6, 6.07) is 11.3. The number of benzene rings is 1. The van der Waals surface area contributed by atoms with Crippen molar-refractivity contribution in [3.8, 4) is 6.07 Å². The summed E-state index contributed by atoms with van der Waals surface area (Å²) < 4.78 is 0. The van der Waals surface area contributed by atoms with Crippen molar-refractivity contribution in [3.63, 3.8) is 0 Å². The molecule has 0 heterocycles. The molecule has 2 aliphatic carbocycles. The van der Waals surface area contributed by atoms with Crippen LogP contribution in [0.3, 0.4) is 0 Å². The van der Waals surface area contributed by atoms with Crippen LogP contribution in [0.5, 0.6) is 0 Å². The molecule has 1 aromatic rings. The number of nitriles is 1. The van der Waals surface area contributed by atoms with Gasteiger partial charge in [0.25, 0.3) is 0 Å². The van der Waals surface area contributed by atoms with E-state index in [2.05, 4.69) is 16.7 Å². The Balaban J connectivity index is 1.71. The van der Waals surface area contributed by atoms with E-state index in [-0.39, 0.29) is 17.7 Å². The second-order valence-electron chi connectivity index (χ2n) is 7.79. The Morgan fingerprint density at radius 3 is 2.28 bits per heavy atom. The Morgan fingerprint density at radius 1 is 1.16 bits per heavy atom. The third kappa shape index (κ3) is 3.68. The van der Waals surface area contributed by atoms with Gasteiger partial charge in [-0.15, -0.1) is 0 Å². The molecule has 2 N–H and O–H groups in total. The zero-order valence-corrected chi connectivity index (χ0v) is 14.8. The molecule has 0 aliphatic heterocycles. The number of carbonyl (C=O) groups is 2. The van der Waals surface area contributed by atoms with Crippen molar-refractivity contribution in [2.45, 2.75) is 62.9 Å². The molecule has 0 bridgehead atoms. The molecule has 0 spiro atoms. The minimum atomic E-state index is -0.715. The Labute approximate surface area is 148 Å². The monoisotopic (exact) mass is 339 g/mol. The van der Waals surface area contributed by atoms with Gasteiger partial charge in [0.15, 0.2) is 0 Å². The van der Waals surface area contributed by atoms with E-state index in [4.69, 9.17) is 0 Å². The van der Waals surface area contributed by atoms with Crippen molar-refractivity contribution in [1.29, 1.82) is 5.26 Å². The quantitative estimate of drug-likeness (QED) is 0.800. The fourth-order valence-corrected chi connectivity index (χ4v) is 3.24. The van der Waals surface area contributed by atoms with E-state index in [0.29, 0.717) is 19.3 Å². The van der Waals surface area contributed by atoms with Crippen molar-refractivity contribution in [1.82, 2.24) is 10.6 Å². The molecule has 132 valence electrons. The van der Waals surface area contributed by atoms with Gasteiger partial charge in [-0.3, -0.25) is 9.59 Å². The molecule has 0 unspecified atom stereocenters. The highest BCUT2D eigenvalue weighted by atomic mass is 16.2. The van der Waals surface area contributed by atoms with E-state index >= 15 is 0 Å². The van der Waals surface area contributed by atoms with Gasteiger partial charge in [0.05, 0.1) is 11.5 Å². The van der Waals surface area contributed by atoms with Gasteiger partial charge in [-0.05, 0) is 43.6 Å². The summed E-state index contributed by atoms with van der Waals surface area (Å²) in [6.07, 6.45) is 3.54. The zero-order valence-electron chi connectivity index (χ0n) is 14.8. The summed E-state index contributed by atoms with van der Waals surface area (Å²) in [6.45, 7) is 4.04. The summed E-state index contributed by atoms with van der Waals surface area (Å²) in [7, 11) is 0. The number of nitrogens with one attached hydrogen (secondary N) is 2. The van der Waals surface area contributed by atoms with E-state index in [0.717, 1.165) is 18.4 Å². The summed E-state index contributed by atoms with van der Waals surface area (Å²) in [5.41, 5.74) is -0.205. The standard InChI is InChI=1S/C20H25N3O2/c1-14(2)12-16(17(24)23-19(13-21)8-9-19)22-18(25)20(10-11-20)15-6-4-3-5-7-15/h3-7,14,16H,8-12H2,1-2H3,(H,22,25)(H,23,24)/t16-/m0/s1. The Kier molecular flexibility index (Phi) is 4.55. The Hall–Kier alpha value is -2.35. The molecule has 2 aliphatic rings. The fourth-order valence-electron chi connectivity index (χ4n) is 3.24. The average Bonchev–Trinajstić information content (AvgIpc) is 3.50. The fraction of sp³-hybridized carbons (Fsp3) is 0.550. The molecule has 0 saturated heterocycles. The van der Waals surface area contributed by atoms with Crippen LogP contribution in [-0.2, 0) is 15.0 Å². The molecule has 3 rings (SSSR count). The predicted octanol–water partition coefficient (Wildman–Crippen LogP) is 2.42. The minimum absolute atomic E-state index is 0.0821. The third-order valence-corrected chi connectivity index (χ3v) is 5.17. The Bertz CT molecular complexity index is 697. The van der Waals surface area contributed by atoms with Gasteiger partial charge in [-0.25, -0.2) is 0 Å². The lowest BCUT2D eigenvalue weighted by atomic mass is 9.93. The van der Waals surface area contributed by atoms with Crippen LogP contribution in [0.25, 0.3) is 0 Å². The highest BCUT2D eigenvalue weighted by Crippen LogP contribution is 2.48. The van der Waals surface area contributed by atoms with Crippen molar-refractivity contribution in [2.75, 3.05) is 0 Å². The molecule has 5 heteroatoms. The van der Waals surface area contributed by atoms with Crippen LogP contribution in [0, 0.1) is 17.2 Å². The molecule has 1 atom stereocenters. The smallest absolute Gasteiger partial charge is 0.243 e. The lowest BCUT2D eigenvalue weighted by Crippen LogP contribution is -2.52. The van der Waals surface area contributed by atoms with Crippen molar-refractivity contribution >= 4 is 11.8 Å². The summed E-state index contributed by atoms with van der Waals surface area (Å²) in [5.74, 6) is -0.0635. The van der Waals surface area contributed by atoms with Gasteiger partial charge in [0.2, 0.25) is 11.8 Å². The first-order valence-corrected chi connectivity index (χ1v) is 9.01. The molecule has 0 radical (unpaired) electrons. The van der Waals surface area contributed by atoms with Gasteiger partial charge in [0, 0.05) is 0 Å². The molecule has 2 amide bonds. The van der Waals surface area contributed by atoms with E-state index in [1.807, 2.05) is 44.2 Å². The normalized spacial score (nSPS) is 20.2. The van der Waals surface area contributed by atoms with Crippen molar-refractivity contribution < 1.29 is 9.59 Å². The number of nitrogens with zero attached hydrogens (tertiary/aromatic N) is 1. The molecule has 0 aromatic heterocycles. The number of amides is 2. The first-order valence-electron chi connectivity index (χ1n) is 9.01. The first-order chi connectivity index (χ1) is 11.9. The molecular weight excluding hydrogens is 314 g/mol. The van der Waals surface area contributed by atoms with Crippen LogP contribution in [0.2, 0.25) is 0 Å². The predicted molar refractivity (Wildman–Crippen MR) is 94.5 cm³/mol. The van der Waals surface area contributed by atoms with Crippen LogP contribution >= 0.6 is 0 Å². The van der Waals surface area contributed by atoms with Crippen LogP contribution in [0.4, 0.5) is 0 Å². The summed E-state index contributed by atoms with van der Waals surface area (Å²) >= 11 is 0. The molecule has 5 nitrogen and oxygen atoms in total. The molecule has 2 saturated carbocycles. The largest absolute Gasteiger partial charge is 0.344 e. The molecule has 1 aromatic carbocycles. The maximum absolute atomic E-state index is 12.9. The van der Waals surface area contributed by atoms with E-state index in [1.165, 1.54) is 0 Å². The average molecular weight is 339 g/mol. The number of carbonyl (C=O) groups excluding carboxylic acids is 2. The van der Waals surface area contributed by atoms with Gasteiger partial charge in [0.1, 0.15) is 11.6 Å². The van der Waals surface area contributed by atoms with E-state index in [9.17, 15) is 14.9 Å². The molecule has 25 heavy (non-hydrogen) atoms. The number of rotatable bonds is 7. The maximum atomic E-state index is 12.9. The van der Waals surface area contributed by atoms with Crippen molar-refractivity contribution in [2.24, 2.45) is 5.92 Å². The van der Waals surface area contributed by atoms with Gasteiger partial charge in [-0.1, -0.05) is 44.2 Å². The van der Waals surface area contributed by atoms with E-state index < -0.39 is 17.0 Å². The third-order valence-electron chi connectivity index (χ3n) is 5.17. The maximum Gasteiger partial charge on any atom is 0.243 e. The van der Waals surface area contributed by atoms with E-state index in [1.54, 1.807) is 0 Å². The number of hydrogen-bond acceptors (Lipinski definition) is 3. The van der Waals surface area contributed by atoms with Crippen LogP contribution in [0.15, 0.2) is 30.3 Å². The van der Waals surface area contributed by atoms with Crippen LogP contribution in [-0.4, -0.2) is 23.4 Å². The SMILES string of the molecule is CC(C)C[C@H](NC(=O)C1(c2ccccc2)CC1)C(=O)NC1(C#N)CC1. The molecular formula is C20H25N3O2. The first kappa shape index (κ1) is 17.5. The summed E-state index contributed by atoms with van der Waals surface area (Å²) in [4.78, 5) is 25.6. The second-order valence-corrected chi connectivity index (χ2v) is 7.79. The van der Waals surface area contributed by atoms with Crippen LogP contribution in [0.1, 0.15) is 51.5 Å². The summed E-state index contributed by atoms with van der Waals surface area (Å²) in [5, 5.41) is 15.0. The Morgan fingerprint density at radius 2 is 1.80 bits per heavy atom. The van der Waals surface area contributed by atoms with Gasteiger partial charge in [-0.2, -0.15) is 5.26 Å². The number of hydrogen-bond donors (Lipinski definition) is 2. The molecule has 2 fully saturated rings. The zero-order chi connectivity index (χ0) is 18.1. The highest BCUT2D eigenvalue weighted by Gasteiger charge is 2.52. The van der Waals surface area contributed by atoms with Gasteiger partial charge < -0.3 is 10.6 Å². The van der Waals surface area contributed by atoms with Crippen LogP contribution < -0.4 is 10.6 Å². The lowest BCUT2D eigenvalue weighted by molar-refractivity contribution is -0.131.